The van der Waals surface area contributed by atoms with Gasteiger partial charge in [-0.1, -0.05) is 54.6 Å². The lowest BCUT2D eigenvalue weighted by atomic mass is 9.87. The van der Waals surface area contributed by atoms with Crippen LogP contribution in [-0.4, -0.2) is 37.2 Å². The molecule has 0 aromatic heterocycles. The number of allylic oxidation sites excluding steroid dienone is 1. The summed E-state index contributed by atoms with van der Waals surface area (Å²) >= 11 is 0. The van der Waals surface area contributed by atoms with Gasteiger partial charge in [0.25, 0.3) is 0 Å². The Kier molecular flexibility index (Phi) is 7.25. The Morgan fingerprint density at radius 1 is 0.917 bits per heavy atom. The smallest absolute Gasteiger partial charge is 0.326 e. The van der Waals surface area contributed by atoms with Crippen LogP contribution in [0.5, 0.6) is 11.5 Å². The third-order valence-electron chi connectivity index (χ3n) is 6.28. The molecule has 0 saturated carbocycles. The van der Waals surface area contributed by atoms with Gasteiger partial charge in [0.05, 0.1) is 14.2 Å². The summed E-state index contributed by atoms with van der Waals surface area (Å²) < 4.78 is 12.0. The molecular weight excluding hydrogens is 454 g/mol. The molecule has 4 aromatic rings. The Balaban J connectivity index is 2.12. The number of nitrogens with one attached hydrogen (secondary N) is 1. The number of carboxylic acid groups (broad SMARTS) is 1. The van der Waals surface area contributed by atoms with E-state index >= 15 is 0 Å². The molecule has 0 aliphatic carbocycles. The van der Waals surface area contributed by atoms with Crippen LogP contribution in [0.4, 0.5) is 0 Å². The molecule has 36 heavy (non-hydrogen) atoms. The standard InChI is InChI=1S/C30H29NO5/c1-5-10-21-15-19-11-6-8-13-23(19)26(28(21)35-3)27-24-14-9-7-12-20(24)16-22(29(27)36-4)17-25(30(33)34)31-18(2)32/h5-9,11-16,25H,1,10,17H2,2-4H3,(H,31,32)(H,33,34). The molecule has 0 aliphatic heterocycles. The summed E-state index contributed by atoms with van der Waals surface area (Å²) in [6, 6.07) is 18.9. The van der Waals surface area contributed by atoms with Gasteiger partial charge in [-0.2, -0.15) is 0 Å². The number of fused-ring (bicyclic) bond motifs is 2. The minimum absolute atomic E-state index is 0.0581. The average molecular weight is 484 g/mol. The van der Waals surface area contributed by atoms with Gasteiger partial charge in [0.1, 0.15) is 17.5 Å². The van der Waals surface area contributed by atoms with Crippen molar-refractivity contribution in [3.63, 3.8) is 0 Å². The van der Waals surface area contributed by atoms with E-state index in [-0.39, 0.29) is 6.42 Å². The van der Waals surface area contributed by atoms with Gasteiger partial charge >= 0.3 is 5.97 Å². The summed E-state index contributed by atoms with van der Waals surface area (Å²) in [5.41, 5.74) is 3.34. The maximum atomic E-state index is 12.0. The third kappa shape index (κ3) is 4.62. The Morgan fingerprint density at radius 3 is 1.89 bits per heavy atom. The predicted molar refractivity (Wildman–Crippen MR) is 143 cm³/mol. The van der Waals surface area contributed by atoms with E-state index in [1.54, 1.807) is 14.2 Å². The minimum Gasteiger partial charge on any atom is -0.496 e. The first-order chi connectivity index (χ1) is 17.4. The molecule has 0 aliphatic rings. The van der Waals surface area contributed by atoms with Crippen LogP contribution in [0.2, 0.25) is 0 Å². The fourth-order valence-corrected chi connectivity index (χ4v) is 4.86. The lowest BCUT2D eigenvalue weighted by molar-refractivity contribution is -0.141. The highest BCUT2D eigenvalue weighted by Crippen LogP contribution is 2.48. The van der Waals surface area contributed by atoms with Gasteiger partial charge in [0, 0.05) is 24.5 Å². The normalized spacial score (nSPS) is 11.8. The summed E-state index contributed by atoms with van der Waals surface area (Å²) in [6.07, 6.45) is 2.51. The Bertz CT molecular complexity index is 1470. The zero-order valence-corrected chi connectivity index (χ0v) is 20.6. The maximum absolute atomic E-state index is 12.0. The molecule has 6 nitrogen and oxygen atoms in total. The van der Waals surface area contributed by atoms with Crippen molar-refractivity contribution < 1.29 is 24.2 Å². The highest BCUT2D eigenvalue weighted by molar-refractivity contribution is 6.11. The van der Waals surface area contributed by atoms with Crippen molar-refractivity contribution >= 4 is 33.4 Å². The predicted octanol–water partition coefficient (Wildman–Crippen LogP) is 5.54. The number of methoxy groups -OCH3 is 2. The molecule has 0 fully saturated rings. The first-order valence-corrected chi connectivity index (χ1v) is 11.7. The summed E-state index contributed by atoms with van der Waals surface area (Å²) in [4.78, 5) is 23.7. The van der Waals surface area contributed by atoms with Gasteiger partial charge < -0.3 is 19.9 Å². The Hall–Kier alpha value is -4.32. The molecule has 4 aromatic carbocycles. The van der Waals surface area contributed by atoms with Crippen LogP contribution >= 0.6 is 0 Å². The molecule has 184 valence electrons. The maximum Gasteiger partial charge on any atom is 0.326 e. The van der Waals surface area contributed by atoms with Crippen LogP contribution in [0.25, 0.3) is 32.7 Å². The molecule has 0 saturated heterocycles. The van der Waals surface area contributed by atoms with E-state index < -0.39 is 17.9 Å². The van der Waals surface area contributed by atoms with Crippen LogP contribution in [0, 0.1) is 0 Å². The zero-order chi connectivity index (χ0) is 25.8. The van der Waals surface area contributed by atoms with Gasteiger partial charge in [0.2, 0.25) is 5.91 Å². The van der Waals surface area contributed by atoms with Crippen LogP contribution < -0.4 is 14.8 Å². The SMILES string of the molecule is C=CCc1cc2ccccc2c(-c2c(OC)c(CC(NC(C)=O)C(=O)O)cc3ccccc23)c1OC. The zero-order valence-electron chi connectivity index (χ0n) is 20.6. The molecule has 0 spiro atoms. The summed E-state index contributed by atoms with van der Waals surface area (Å²) in [6.45, 7) is 5.22. The number of carboxylic acids is 1. The molecule has 1 atom stereocenters. The molecular formula is C30H29NO5. The monoisotopic (exact) mass is 483 g/mol. The number of aliphatic carboxylic acids is 1. The van der Waals surface area contributed by atoms with E-state index in [4.69, 9.17) is 9.47 Å². The fraction of sp³-hybridized carbons (Fsp3) is 0.200. The number of benzene rings is 4. The van der Waals surface area contributed by atoms with Gasteiger partial charge in [-0.25, -0.2) is 4.79 Å². The van der Waals surface area contributed by atoms with Crippen molar-refractivity contribution in [3.05, 3.63) is 84.4 Å². The molecule has 0 radical (unpaired) electrons. The number of hydrogen-bond donors (Lipinski definition) is 2. The molecule has 4 rings (SSSR count). The van der Waals surface area contributed by atoms with Crippen molar-refractivity contribution in [2.75, 3.05) is 14.2 Å². The molecule has 0 bridgehead atoms. The second-order valence-electron chi connectivity index (χ2n) is 8.62. The third-order valence-corrected chi connectivity index (χ3v) is 6.28. The van der Waals surface area contributed by atoms with Gasteiger partial charge in [-0.15, -0.1) is 6.58 Å². The van der Waals surface area contributed by atoms with E-state index in [2.05, 4.69) is 24.0 Å². The van der Waals surface area contributed by atoms with Crippen LogP contribution in [0.15, 0.2) is 73.3 Å². The van der Waals surface area contributed by atoms with E-state index in [0.717, 1.165) is 38.2 Å². The number of carbonyl (C=O) groups is 2. The van der Waals surface area contributed by atoms with Gasteiger partial charge in [-0.3, -0.25) is 4.79 Å². The van der Waals surface area contributed by atoms with Crippen molar-refractivity contribution in [2.45, 2.75) is 25.8 Å². The molecule has 1 amide bonds. The van der Waals surface area contributed by atoms with Crippen molar-refractivity contribution in [1.82, 2.24) is 5.32 Å². The first kappa shape index (κ1) is 24.8. The summed E-state index contributed by atoms with van der Waals surface area (Å²) in [5, 5.41) is 16.2. The number of hydrogen-bond acceptors (Lipinski definition) is 4. The quantitative estimate of drug-likeness (QED) is 0.306. The highest BCUT2D eigenvalue weighted by Gasteiger charge is 2.26. The Labute approximate surface area is 210 Å². The second-order valence-corrected chi connectivity index (χ2v) is 8.62. The number of amides is 1. The highest BCUT2D eigenvalue weighted by atomic mass is 16.5. The van der Waals surface area contributed by atoms with Crippen LogP contribution in [-0.2, 0) is 22.4 Å². The molecule has 6 heteroatoms. The molecule has 0 heterocycles. The van der Waals surface area contributed by atoms with Crippen molar-refractivity contribution in [1.29, 1.82) is 0 Å². The fourth-order valence-electron chi connectivity index (χ4n) is 4.86. The lowest BCUT2D eigenvalue weighted by Crippen LogP contribution is -2.41. The van der Waals surface area contributed by atoms with E-state index in [0.29, 0.717) is 23.5 Å². The van der Waals surface area contributed by atoms with Crippen molar-refractivity contribution in [2.24, 2.45) is 0 Å². The van der Waals surface area contributed by atoms with Gasteiger partial charge in [-0.05, 0) is 51.2 Å². The average Bonchev–Trinajstić information content (AvgIpc) is 2.86. The van der Waals surface area contributed by atoms with E-state index in [1.807, 2.05) is 54.6 Å². The van der Waals surface area contributed by atoms with Crippen LogP contribution in [0.3, 0.4) is 0 Å². The topological polar surface area (TPSA) is 84.9 Å². The Morgan fingerprint density at radius 2 is 1.42 bits per heavy atom. The first-order valence-electron chi connectivity index (χ1n) is 11.7. The molecule has 2 N–H and O–H groups in total. The van der Waals surface area contributed by atoms with E-state index in [1.165, 1.54) is 6.92 Å². The number of rotatable bonds is 9. The van der Waals surface area contributed by atoms with E-state index in [9.17, 15) is 14.7 Å². The van der Waals surface area contributed by atoms with Gasteiger partial charge in [0.15, 0.2) is 0 Å². The van der Waals surface area contributed by atoms with Crippen molar-refractivity contribution in [3.8, 4) is 22.6 Å². The van der Waals surface area contributed by atoms with Crippen LogP contribution in [0.1, 0.15) is 18.1 Å². The minimum atomic E-state index is -1.11. The molecule has 1 unspecified atom stereocenters. The number of carbonyl (C=O) groups excluding carboxylic acids is 1. The lowest BCUT2D eigenvalue weighted by Gasteiger charge is -2.23. The largest absolute Gasteiger partial charge is 0.496 e. The summed E-state index contributed by atoms with van der Waals surface area (Å²) in [5.74, 6) is -0.263. The number of ether oxygens (including phenoxy) is 2. The summed E-state index contributed by atoms with van der Waals surface area (Å²) in [7, 11) is 3.23. The second kappa shape index (κ2) is 10.5.